The zero-order valence-corrected chi connectivity index (χ0v) is 20.8. The van der Waals surface area contributed by atoms with Gasteiger partial charge >= 0.3 is 0 Å². The third-order valence-electron chi connectivity index (χ3n) is 6.49. The van der Waals surface area contributed by atoms with Gasteiger partial charge in [-0.25, -0.2) is 0 Å². The molecule has 0 amide bonds. The number of morpholine rings is 1. The monoisotopic (exact) mass is 486 g/mol. The molecule has 36 heavy (non-hydrogen) atoms. The molecule has 2 atom stereocenters. The minimum absolute atomic E-state index is 0.333. The highest BCUT2D eigenvalue weighted by Crippen LogP contribution is 2.27. The first kappa shape index (κ1) is 25.6. The predicted octanol–water partition coefficient (Wildman–Crippen LogP) is 4.13. The van der Waals surface area contributed by atoms with Gasteiger partial charge in [0, 0.05) is 38.6 Å². The molecule has 2 aromatic carbocycles. The van der Waals surface area contributed by atoms with E-state index in [0.29, 0.717) is 17.7 Å². The molecule has 7 nitrogen and oxygen atoms in total. The van der Waals surface area contributed by atoms with Gasteiger partial charge in [0.15, 0.2) is 0 Å². The van der Waals surface area contributed by atoms with Crippen molar-refractivity contribution in [1.29, 1.82) is 5.26 Å². The van der Waals surface area contributed by atoms with Gasteiger partial charge in [-0.1, -0.05) is 24.3 Å². The second kappa shape index (κ2) is 13.0. The third kappa shape index (κ3) is 7.28. The fourth-order valence-electron chi connectivity index (χ4n) is 4.26. The zero-order chi connectivity index (χ0) is 25.2. The van der Waals surface area contributed by atoms with Crippen LogP contribution in [0.3, 0.4) is 0 Å². The van der Waals surface area contributed by atoms with E-state index < -0.39 is 6.10 Å². The van der Waals surface area contributed by atoms with Gasteiger partial charge in [0.05, 0.1) is 30.6 Å². The lowest BCUT2D eigenvalue weighted by Gasteiger charge is -2.26. The number of aliphatic hydroxyl groups is 1. The molecule has 1 aliphatic heterocycles. The summed E-state index contributed by atoms with van der Waals surface area (Å²) in [7, 11) is 0. The van der Waals surface area contributed by atoms with Crippen LogP contribution in [0.4, 0.5) is 5.69 Å². The fourth-order valence-corrected chi connectivity index (χ4v) is 4.26. The molecule has 1 fully saturated rings. The van der Waals surface area contributed by atoms with E-state index in [4.69, 9.17) is 9.47 Å². The SMILES string of the molecule is CC(Oc1ccc(-c2ccc(NCCN3CCOCC3)c(C#N)c2)cc1)C(O)CCc1cccnc1. The van der Waals surface area contributed by atoms with Gasteiger partial charge in [-0.15, -0.1) is 0 Å². The van der Waals surface area contributed by atoms with E-state index in [1.807, 2.05) is 67.7 Å². The molecule has 2 unspecified atom stereocenters. The van der Waals surface area contributed by atoms with Crippen LogP contribution < -0.4 is 10.1 Å². The van der Waals surface area contributed by atoms with Gasteiger partial charge in [-0.2, -0.15) is 5.26 Å². The lowest BCUT2D eigenvalue weighted by atomic mass is 10.0. The average molecular weight is 487 g/mol. The van der Waals surface area contributed by atoms with Crippen molar-refractivity contribution >= 4 is 5.69 Å². The molecule has 1 aromatic heterocycles. The number of hydrogen-bond donors (Lipinski definition) is 2. The summed E-state index contributed by atoms with van der Waals surface area (Å²) in [5, 5.41) is 23.6. The molecule has 3 aromatic rings. The summed E-state index contributed by atoms with van der Waals surface area (Å²) in [6.45, 7) is 7.07. The number of ether oxygens (including phenoxy) is 2. The summed E-state index contributed by atoms with van der Waals surface area (Å²) in [5.41, 5.74) is 4.55. The van der Waals surface area contributed by atoms with Gasteiger partial charge in [-0.05, 0) is 66.8 Å². The number of hydrogen-bond acceptors (Lipinski definition) is 7. The van der Waals surface area contributed by atoms with Crippen molar-refractivity contribution in [1.82, 2.24) is 9.88 Å². The molecule has 1 aliphatic rings. The predicted molar refractivity (Wildman–Crippen MR) is 141 cm³/mol. The molecule has 2 N–H and O–H groups in total. The number of pyridine rings is 1. The second-order valence-corrected chi connectivity index (χ2v) is 9.07. The molecule has 0 aliphatic carbocycles. The Morgan fingerprint density at radius 2 is 1.92 bits per heavy atom. The Balaban J connectivity index is 1.30. The Labute approximate surface area is 213 Å². The summed E-state index contributed by atoms with van der Waals surface area (Å²) < 4.78 is 11.4. The van der Waals surface area contributed by atoms with E-state index in [-0.39, 0.29) is 6.10 Å². The van der Waals surface area contributed by atoms with Crippen LogP contribution in [0.1, 0.15) is 24.5 Å². The third-order valence-corrected chi connectivity index (χ3v) is 6.49. The van der Waals surface area contributed by atoms with Crippen molar-refractivity contribution in [3.63, 3.8) is 0 Å². The van der Waals surface area contributed by atoms with E-state index >= 15 is 0 Å². The maximum absolute atomic E-state index is 10.5. The van der Waals surface area contributed by atoms with Crippen LogP contribution in [0.15, 0.2) is 67.0 Å². The molecule has 4 rings (SSSR count). The summed E-state index contributed by atoms with van der Waals surface area (Å²) >= 11 is 0. The summed E-state index contributed by atoms with van der Waals surface area (Å²) in [6.07, 6.45) is 4.01. The maximum atomic E-state index is 10.5. The molecular formula is C29H34N4O3. The van der Waals surface area contributed by atoms with Crippen LogP contribution in [-0.2, 0) is 11.2 Å². The Morgan fingerprint density at radius 1 is 1.14 bits per heavy atom. The van der Waals surface area contributed by atoms with Crippen LogP contribution >= 0.6 is 0 Å². The Hall–Kier alpha value is -3.44. The lowest BCUT2D eigenvalue weighted by Crippen LogP contribution is -2.39. The summed E-state index contributed by atoms with van der Waals surface area (Å²) in [6, 6.07) is 19.9. The van der Waals surface area contributed by atoms with Crippen LogP contribution in [0.25, 0.3) is 11.1 Å². The first-order chi connectivity index (χ1) is 17.6. The van der Waals surface area contributed by atoms with Crippen molar-refractivity contribution in [2.24, 2.45) is 0 Å². The van der Waals surface area contributed by atoms with E-state index in [9.17, 15) is 10.4 Å². The summed E-state index contributed by atoms with van der Waals surface area (Å²) in [5.74, 6) is 0.702. The Kier molecular flexibility index (Phi) is 9.28. The quantitative estimate of drug-likeness (QED) is 0.421. The standard InChI is InChI=1S/C29H34N4O3/c1-22(29(34)11-4-23-3-2-12-31-21-23)36-27-8-5-24(6-9-27)25-7-10-28(26(19-25)20-30)32-13-14-33-15-17-35-18-16-33/h2-3,5-10,12,19,21-22,29,32,34H,4,11,13-18H2,1H3. The minimum Gasteiger partial charge on any atom is -0.488 e. The molecule has 0 saturated carbocycles. The van der Waals surface area contributed by atoms with Crippen molar-refractivity contribution < 1.29 is 14.6 Å². The van der Waals surface area contributed by atoms with Gasteiger partial charge in [0.25, 0.3) is 0 Å². The van der Waals surface area contributed by atoms with Crippen LogP contribution in [0, 0.1) is 11.3 Å². The van der Waals surface area contributed by atoms with E-state index in [1.165, 1.54) is 0 Å². The number of aryl methyl sites for hydroxylation is 1. The molecule has 0 spiro atoms. The Bertz CT molecular complexity index is 1130. The van der Waals surface area contributed by atoms with E-state index in [1.54, 1.807) is 6.20 Å². The highest BCUT2D eigenvalue weighted by atomic mass is 16.5. The van der Waals surface area contributed by atoms with Crippen molar-refractivity contribution in [3.8, 4) is 22.9 Å². The number of benzene rings is 2. The topological polar surface area (TPSA) is 90.6 Å². The molecule has 1 saturated heterocycles. The first-order valence-corrected chi connectivity index (χ1v) is 12.5. The number of aromatic nitrogens is 1. The van der Waals surface area contributed by atoms with Gasteiger partial charge in [0.2, 0.25) is 0 Å². The van der Waals surface area contributed by atoms with Crippen LogP contribution in [0.2, 0.25) is 0 Å². The number of anilines is 1. The number of nitrogens with one attached hydrogen (secondary N) is 1. The second-order valence-electron chi connectivity index (χ2n) is 9.07. The minimum atomic E-state index is -0.577. The number of rotatable bonds is 11. The summed E-state index contributed by atoms with van der Waals surface area (Å²) in [4.78, 5) is 6.48. The maximum Gasteiger partial charge on any atom is 0.122 e. The number of nitriles is 1. The Morgan fingerprint density at radius 3 is 2.64 bits per heavy atom. The fraction of sp³-hybridized carbons (Fsp3) is 0.379. The van der Waals surface area contributed by atoms with E-state index in [2.05, 4.69) is 21.3 Å². The first-order valence-electron chi connectivity index (χ1n) is 12.5. The van der Waals surface area contributed by atoms with Gasteiger partial charge in [-0.3, -0.25) is 9.88 Å². The number of aliphatic hydroxyl groups excluding tert-OH is 1. The van der Waals surface area contributed by atoms with Gasteiger partial charge < -0.3 is 19.9 Å². The van der Waals surface area contributed by atoms with Crippen molar-refractivity contribution in [2.45, 2.75) is 32.0 Å². The molecule has 0 bridgehead atoms. The smallest absolute Gasteiger partial charge is 0.122 e. The van der Waals surface area contributed by atoms with Crippen LogP contribution in [0.5, 0.6) is 5.75 Å². The highest BCUT2D eigenvalue weighted by Gasteiger charge is 2.16. The average Bonchev–Trinajstić information content (AvgIpc) is 2.93. The van der Waals surface area contributed by atoms with Crippen LogP contribution in [-0.4, -0.2) is 66.6 Å². The molecular weight excluding hydrogens is 452 g/mol. The largest absolute Gasteiger partial charge is 0.488 e. The zero-order valence-electron chi connectivity index (χ0n) is 20.8. The highest BCUT2D eigenvalue weighted by molar-refractivity contribution is 5.71. The molecule has 188 valence electrons. The van der Waals surface area contributed by atoms with Crippen molar-refractivity contribution in [2.75, 3.05) is 44.7 Å². The van der Waals surface area contributed by atoms with Crippen molar-refractivity contribution in [3.05, 3.63) is 78.1 Å². The molecule has 7 heteroatoms. The number of nitrogens with zero attached hydrogens (tertiary/aromatic N) is 3. The van der Waals surface area contributed by atoms with E-state index in [0.717, 1.165) is 68.2 Å². The van der Waals surface area contributed by atoms with Gasteiger partial charge in [0.1, 0.15) is 17.9 Å². The normalized spacial score (nSPS) is 15.6. The molecule has 2 heterocycles. The lowest BCUT2D eigenvalue weighted by molar-refractivity contribution is 0.0398. The molecule has 0 radical (unpaired) electrons.